The number of halogens is 14. The van der Waals surface area contributed by atoms with Crippen LogP contribution >= 0.6 is 22.6 Å². The lowest BCUT2D eigenvalue weighted by Crippen LogP contribution is -2.69. The summed E-state index contributed by atoms with van der Waals surface area (Å²) in [5.41, 5.74) is 0. The van der Waals surface area contributed by atoms with E-state index >= 15 is 0 Å². The van der Waals surface area contributed by atoms with E-state index < -0.39 is 41.9 Å². The summed E-state index contributed by atoms with van der Waals surface area (Å²) in [7, 11) is 0. The SMILES string of the molecule is FC(F)(F)C(F)(F)C(F)(F)C(F)(F)C(F)(F)C(F)(F)/C=C/I. The minimum Gasteiger partial charge on any atom is -0.195 e. The van der Waals surface area contributed by atoms with Gasteiger partial charge in [-0.1, -0.05) is 22.6 Å². The van der Waals surface area contributed by atoms with Gasteiger partial charge in [-0.15, -0.1) is 0 Å². The van der Waals surface area contributed by atoms with Crippen molar-refractivity contribution in [3.05, 3.63) is 10.2 Å². The second kappa shape index (κ2) is 5.58. The van der Waals surface area contributed by atoms with E-state index in [1.807, 2.05) is 0 Å². The van der Waals surface area contributed by atoms with Crippen molar-refractivity contribution in [2.45, 2.75) is 35.8 Å². The first-order valence-electron chi connectivity index (χ1n) is 4.55. The van der Waals surface area contributed by atoms with E-state index in [1.165, 1.54) is 0 Å². The lowest BCUT2D eigenvalue weighted by Gasteiger charge is -2.39. The maximum absolute atomic E-state index is 12.8. The van der Waals surface area contributed by atoms with Gasteiger partial charge < -0.3 is 0 Å². The van der Waals surface area contributed by atoms with Crippen LogP contribution in [0.4, 0.5) is 57.1 Å². The molecule has 0 heterocycles. The number of rotatable bonds is 5. The fourth-order valence-electron chi connectivity index (χ4n) is 0.965. The first-order valence-corrected chi connectivity index (χ1v) is 5.79. The largest absolute Gasteiger partial charge is 0.460 e. The van der Waals surface area contributed by atoms with Crippen molar-refractivity contribution in [2.24, 2.45) is 0 Å². The Balaban J connectivity index is 6.23. The van der Waals surface area contributed by atoms with E-state index in [4.69, 9.17) is 0 Å². The molecule has 22 heavy (non-hydrogen) atoms. The second-order valence-corrected chi connectivity index (χ2v) is 4.43. The number of hydrogen-bond donors (Lipinski definition) is 0. The van der Waals surface area contributed by atoms with Gasteiger partial charge in [-0.2, -0.15) is 57.1 Å². The average Bonchev–Trinajstić information content (AvgIpc) is 2.26. The third-order valence-corrected chi connectivity index (χ3v) is 2.59. The zero-order chi connectivity index (χ0) is 18.4. The third kappa shape index (κ3) is 2.86. The zero-order valence-corrected chi connectivity index (χ0v) is 11.6. The number of alkyl halides is 13. The summed E-state index contributed by atoms with van der Waals surface area (Å²) in [6, 6.07) is 0. The molecular formula is C8H2F13I. The van der Waals surface area contributed by atoms with Crippen LogP contribution in [0.3, 0.4) is 0 Å². The van der Waals surface area contributed by atoms with Crippen LogP contribution in [0.2, 0.25) is 0 Å². The lowest BCUT2D eigenvalue weighted by atomic mass is 9.94. The van der Waals surface area contributed by atoms with Crippen molar-refractivity contribution in [3.63, 3.8) is 0 Å². The van der Waals surface area contributed by atoms with Crippen molar-refractivity contribution in [3.8, 4) is 0 Å². The molecule has 0 bridgehead atoms. The van der Waals surface area contributed by atoms with Crippen LogP contribution in [0.25, 0.3) is 0 Å². The van der Waals surface area contributed by atoms with E-state index in [0.29, 0.717) is 0 Å². The van der Waals surface area contributed by atoms with Gasteiger partial charge in [0.25, 0.3) is 0 Å². The maximum atomic E-state index is 12.8. The van der Waals surface area contributed by atoms with Crippen LogP contribution in [0, 0.1) is 0 Å². The summed E-state index contributed by atoms with van der Waals surface area (Å²) in [6.07, 6.45) is -8.44. The molecule has 0 fully saturated rings. The topological polar surface area (TPSA) is 0 Å². The van der Waals surface area contributed by atoms with Gasteiger partial charge in [-0.25, -0.2) is 0 Å². The molecule has 0 N–H and O–H groups in total. The Morgan fingerprint density at radius 3 is 1.09 bits per heavy atom. The van der Waals surface area contributed by atoms with Gasteiger partial charge in [-0.3, -0.25) is 0 Å². The van der Waals surface area contributed by atoms with Crippen LogP contribution in [-0.4, -0.2) is 35.8 Å². The molecule has 0 aliphatic rings. The minimum atomic E-state index is -7.84. The molecule has 14 heteroatoms. The summed E-state index contributed by atoms with van der Waals surface area (Å²) >= 11 is 0.776. The molecule has 0 spiro atoms. The summed E-state index contributed by atoms with van der Waals surface area (Å²) in [5.74, 6) is -36.6. The Bertz CT molecular complexity index is 432. The molecule has 0 saturated carbocycles. The van der Waals surface area contributed by atoms with E-state index in [0.717, 1.165) is 22.6 Å². The van der Waals surface area contributed by atoms with Gasteiger partial charge in [-0.05, 0) is 10.2 Å². The highest BCUT2D eigenvalue weighted by Gasteiger charge is 2.90. The highest BCUT2D eigenvalue weighted by molar-refractivity contribution is 14.1. The molecule has 0 saturated heterocycles. The van der Waals surface area contributed by atoms with E-state index in [2.05, 4.69) is 0 Å². The molecule has 0 amide bonds. The first-order chi connectivity index (χ1) is 9.31. The van der Waals surface area contributed by atoms with Crippen LogP contribution in [0.15, 0.2) is 10.2 Å². The maximum Gasteiger partial charge on any atom is 0.460 e. The van der Waals surface area contributed by atoms with Crippen molar-refractivity contribution in [1.82, 2.24) is 0 Å². The molecular weight excluding hydrogens is 470 g/mol. The van der Waals surface area contributed by atoms with Crippen molar-refractivity contribution in [1.29, 1.82) is 0 Å². The average molecular weight is 472 g/mol. The van der Waals surface area contributed by atoms with Gasteiger partial charge in [0, 0.05) is 0 Å². The molecule has 0 unspecified atom stereocenters. The van der Waals surface area contributed by atoms with Crippen molar-refractivity contribution >= 4 is 22.6 Å². The van der Waals surface area contributed by atoms with Gasteiger partial charge in [0.2, 0.25) is 0 Å². The van der Waals surface area contributed by atoms with Gasteiger partial charge >= 0.3 is 35.8 Å². The Morgan fingerprint density at radius 1 is 0.500 bits per heavy atom. The van der Waals surface area contributed by atoms with E-state index in [-0.39, 0.29) is 4.08 Å². The summed E-state index contributed by atoms with van der Waals surface area (Å²) in [6.45, 7) is 0. The van der Waals surface area contributed by atoms with Crippen LogP contribution in [0.1, 0.15) is 0 Å². The Kier molecular flexibility index (Phi) is 5.46. The van der Waals surface area contributed by atoms with Gasteiger partial charge in [0.15, 0.2) is 0 Å². The normalized spacial score (nSPS) is 16.5. The smallest absolute Gasteiger partial charge is 0.195 e. The third-order valence-electron chi connectivity index (χ3n) is 2.23. The second-order valence-electron chi connectivity index (χ2n) is 3.71. The molecule has 0 aliphatic heterocycles. The zero-order valence-electron chi connectivity index (χ0n) is 9.45. The Morgan fingerprint density at radius 2 is 0.818 bits per heavy atom. The molecule has 0 aromatic rings. The monoisotopic (exact) mass is 472 g/mol. The van der Waals surface area contributed by atoms with E-state index in [1.54, 1.807) is 0 Å². The molecule has 132 valence electrons. The molecule has 0 nitrogen and oxygen atoms in total. The van der Waals surface area contributed by atoms with Gasteiger partial charge in [0.1, 0.15) is 0 Å². The predicted molar refractivity (Wildman–Crippen MR) is 54.0 cm³/mol. The predicted octanol–water partition coefficient (Wildman–Crippen LogP) is 5.67. The highest BCUT2D eigenvalue weighted by atomic mass is 127. The van der Waals surface area contributed by atoms with E-state index in [9.17, 15) is 57.1 Å². The molecule has 0 atom stereocenters. The van der Waals surface area contributed by atoms with Crippen LogP contribution < -0.4 is 0 Å². The first kappa shape index (κ1) is 21.6. The number of hydrogen-bond acceptors (Lipinski definition) is 0. The Hall–Kier alpha value is -0.440. The quantitative estimate of drug-likeness (QED) is 0.358. The fourth-order valence-corrected chi connectivity index (χ4v) is 1.42. The molecule has 0 radical (unpaired) electrons. The van der Waals surface area contributed by atoms with Crippen LogP contribution in [0.5, 0.6) is 0 Å². The van der Waals surface area contributed by atoms with Crippen LogP contribution in [-0.2, 0) is 0 Å². The number of allylic oxidation sites excluding steroid dienone is 1. The Labute approximate surface area is 126 Å². The fraction of sp³-hybridized carbons (Fsp3) is 0.750. The standard InChI is InChI=1S/C8H2F13I/c9-3(10,1-2-22)4(11,12)5(13,14)6(15,16)7(17,18)8(19,20)21/h1-2H/b2-1+. The van der Waals surface area contributed by atoms with Crippen molar-refractivity contribution in [2.75, 3.05) is 0 Å². The molecule has 0 aromatic carbocycles. The van der Waals surface area contributed by atoms with Gasteiger partial charge in [0.05, 0.1) is 0 Å². The van der Waals surface area contributed by atoms with Crippen molar-refractivity contribution < 1.29 is 57.1 Å². The molecule has 0 aliphatic carbocycles. The molecule has 0 aromatic heterocycles. The summed E-state index contributed by atoms with van der Waals surface area (Å²) < 4.78 is 162. The summed E-state index contributed by atoms with van der Waals surface area (Å²) in [4.78, 5) is 0. The minimum absolute atomic E-state index is 0.0399. The lowest BCUT2D eigenvalue weighted by molar-refractivity contribution is -0.436. The highest BCUT2D eigenvalue weighted by Crippen LogP contribution is 2.60. The molecule has 0 rings (SSSR count). The summed E-state index contributed by atoms with van der Waals surface area (Å²) in [5, 5.41) is 0.